The highest BCUT2D eigenvalue weighted by molar-refractivity contribution is 5.81. The van der Waals surface area contributed by atoms with E-state index < -0.39 is 0 Å². The summed E-state index contributed by atoms with van der Waals surface area (Å²) in [7, 11) is 0. The molecular formula is C14H17N3O2. The zero-order chi connectivity index (χ0) is 13.2. The Morgan fingerprint density at radius 1 is 1.53 bits per heavy atom. The van der Waals surface area contributed by atoms with Gasteiger partial charge in [0.2, 0.25) is 5.91 Å². The summed E-state index contributed by atoms with van der Waals surface area (Å²) in [5.41, 5.74) is 1.82. The molecule has 2 heterocycles. The Kier molecular flexibility index (Phi) is 3.11. The Labute approximate surface area is 111 Å². The lowest BCUT2D eigenvalue weighted by Gasteiger charge is -2.04. The lowest BCUT2D eigenvalue weighted by atomic mass is 10.1. The van der Waals surface area contributed by atoms with Crippen LogP contribution >= 0.6 is 0 Å². The molecule has 0 atom stereocenters. The number of H-pyrrole nitrogens is 1. The number of carbonyl (C=O) groups excluding carboxylic acids is 1. The monoisotopic (exact) mass is 259 g/mol. The van der Waals surface area contributed by atoms with E-state index in [1.54, 1.807) is 6.07 Å². The van der Waals surface area contributed by atoms with Crippen LogP contribution in [0.5, 0.6) is 5.75 Å². The number of amides is 1. The number of aromatic nitrogens is 2. The second-order valence-electron chi connectivity index (χ2n) is 5.15. The van der Waals surface area contributed by atoms with E-state index in [2.05, 4.69) is 15.3 Å². The maximum atomic E-state index is 11.6. The van der Waals surface area contributed by atoms with Crippen molar-refractivity contribution in [1.29, 1.82) is 0 Å². The summed E-state index contributed by atoms with van der Waals surface area (Å²) in [5.74, 6) is 0.920. The molecule has 2 aromatic rings. The van der Waals surface area contributed by atoms with Crippen LogP contribution in [-0.4, -0.2) is 27.5 Å². The first kappa shape index (κ1) is 12.0. The SMILES string of the molecule is O=C(CC1CC1)NCCc1c[nH]c2ncc(O)cc12. The normalized spacial score (nSPS) is 14.7. The highest BCUT2D eigenvalue weighted by atomic mass is 16.3. The summed E-state index contributed by atoms with van der Waals surface area (Å²) in [6.45, 7) is 0.619. The van der Waals surface area contributed by atoms with Crippen LogP contribution in [0.4, 0.5) is 0 Å². The molecule has 2 aromatic heterocycles. The summed E-state index contributed by atoms with van der Waals surface area (Å²) in [6, 6.07) is 1.69. The van der Waals surface area contributed by atoms with Crippen LogP contribution in [0.15, 0.2) is 18.5 Å². The molecule has 0 radical (unpaired) electrons. The van der Waals surface area contributed by atoms with Crippen LogP contribution in [-0.2, 0) is 11.2 Å². The predicted molar refractivity (Wildman–Crippen MR) is 71.8 cm³/mol. The van der Waals surface area contributed by atoms with Gasteiger partial charge in [0.1, 0.15) is 11.4 Å². The fraction of sp³-hybridized carbons (Fsp3) is 0.429. The van der Waals surface area contributed by atoms with Crippen molar-refractivity contribution < 1.29 is 9.90 Å². The average Bonchev–Trinajstić information content (AvgIpc) is 3.10. The Bertz CT molecular complexity index is 602. The van der Waals surface area contributed by atoms with Crippen LogP contribution in [0, 0.1) is 5.92 Å². The second-order valence-corrected chi connectivity index (χ2v) is 5.15. The Morgan fingerprint density at radius 2 is 2.37 bits per heavy atom. The number of nitrogens with zero attached hydrogens (tertiary/aromatic N) is 1. The van der Waals surface area contributed by atoms with Crippen LogP contribution in [0.2, 0.25) is 0 Å². The Hall–Kier alpha value is -2.04. The fourth-order valence-electron chi connectivity index (χ4n) is 2.25. The minimum Gasteiger partial charge on any atom is -0.506 e. The van der Waals surface area contributed by atoms with Crippen molar-refractivity contribution in [3.05, 3.63) is 24.0 Å². The van der Waals surface area contributed by atoms with Gasteiger partial charge in [0.25, 0.3) is 0 Å². The number of pyridine rings is 1. The highest BCUT2D eigenvalue weighted by Crippen LogP contribution is 2.32. The molecule has 3 N–H and O–H groups in total. The molecule has 0 spiro atoms. The summed E-state index contributed by atoms with van der Waals surface area (Å²) in [5, 5.41) is 13.3. The molecule has 5 nitrogen and oxygen atoms in total. The molecule has 0 aromatic carbocycles. The minimum absolute atomic E-state index is 0.142. The molecule has 1 aliphatic rings. The van der Waals surface area contributed by atoms with E-state index in [9.17, 15) is 9.90 Å². The van der Waals surface area contributed by atoms with Crippen LogP contribution in [0.25, 0.3) is 11.0 Å². The number of aromatic amines is 1. The number of carbonyl (C=O) groups is 1. The van der Waals surface area contributed by atoms with Gasteiger partial charge in [-0.1, -0.05) is 0 Å². The van der Waals surface area contributed by atoms with Crippen LogP contribution in [0.3, 0.4) is 0 Å². The molecule has 1 aliphatic carbocycles. The van der Waals surface area contributed by atoms with E-state index in [1.165, 1.54) is 19.0 Å². The van der Waals surface area contributed by atoms with Crippen molar-refractivity contribution in [2.75, 3.05) is 6.54 Å². The molecule has 19 heavy (non-hydrogen) atoms. The molecule has 0 unspecified atom stereocenters. The van der Waals surface area contributed by atoms with E-state index >= 15 is 0 Å². The van der Waals surface area contributed by atoms with Gasteiger partial charge in [-0.15, -0.1) is 0 Å². The molecule has 1 amide bonds. The standard InChI is InChI=1S/C14H17N3O2/c18-11-6-12-10(7-16-14(12)17-8-11)3-4-15-13(19)5-9-1-2-9/h6-9,18H,1-5H2,(H,15,19)(H,16,17). The topological polar surface area (TPSA) is 78.0 Å². The van der Waals surface area contributed by atoms with Gasteiger partial charge in [-0.3, -0.25) is 4.79 Å². The first-order valence-electron chi connectivity index (χ1n) is 6.64. The molecule has 0 aliphatic heterocycles. The number of rotatable bonds is 5. The van der Waals surface area contributed by atoms with Gasteiger partial charge in [-0.25, -0.2) is 4.98 Å². The smallest absolute Gasteiger partial charge is 0.220 e. The Morgan fingerprint density at radius 3 is 3.16 bits per heavy atom. The summed E-state index contributed by atoms with van der Waals surface area (Å²) in [6.07, 6.45) is 7.09. The van der Waals surface area contributed by atoms with E-state index in [-0.39, 0.29) is 11.7 Å². The van der Waals surface area contributed by atoms with Crippen molar-refractivity contribution >= 4 is 16.9 Å². The maximum Gasteiger partial charge on any atom is 0.220 e. The van der Waals surface area contributed by atoms with E-state index in [0.717, 1.165) is 23.0 Å². The molecule has 3 rings (SSSR count). The van der Waals surface area contributed by atoms with Crippen molar-refractivity contribution in [3.63, 3.8) is 0 Å². The van der Waals surface area contributed by atoms with Gasteiger partial charge >= 0.3 is 0 Å². The lowest BCUT2D eigenvalue weighted by molar-refractivity contribution is -0.121. The average molecular weight is 259 g/mol. The first-order valence-corrected chi connectivity index (χ1v) is 6.64. The van der Waals surface area contributed by atoms with E-state index in [4.69, 9.17) is 0 Å². The van der Waals surface area contributed by atoms with Gasteiger partial charge in [0, 0.05) is 24.5 Å². The van der Waals surface area contributed by atoms with E-state index in [0.29, 0.717) is 18.9 Å². The van der Waals surface area contributed by atoms with Crippen molar-refractivity contribution in [2.24, 2.45) is 5.92 Å². The molecule has 100 valence electrons. The van der Waals surface area contributed by atoms with Gasteiger partial charge < -0.3 is 15.4 Å². The molecule has 0 bridgehead atoms. The van der Waals surface area contributed by atoms with Crippen LogP contribution < -0.4 is 5.32 Å². The number of hydrogen-bond donors (Lipinski definition) is 3. The summed E-state index contributed by atoms with van der Waals surface area (Å²) >= 11 is 0. The van der Waals surface area contributed by atoms with Crippen molar-refractivity contribution in [3.8, 4) is 5.75 Å². The maximum absolute atomic E-state index is 11.6. The Balaban J connectivity index is 1.58. The van der Waals surface area contributed by atoms with Gasteiger partial charge in [-0.2, -0.15) is 0 Å². The van der Waals surface area contributed by atoms with Gasteiger partial charge in [0.05, 0.1) is 6.20 Å². The third-order valence-electron chi connectivity index (χ3n) is 3.49. The fourth-order valence-corrected chi connectivity index (χ4v) is 2.25. The highest BCUT2D eigenvalue weighted by Gasteiger charge is 2.23. The van der Waals surface area contributed by atoms with E-state index in [1.807, 2.05) is 6.20 Å². The third kappa shape index (κ3) is 2.86. The second kappa shape index (κ2) is 4.91. The number of nitrogens with one attached hydrogen (secondary N) is 2. The first-order chi connectivity index (χ1) is 9.22. The largest absolute Gasteiger partial charge is 0.506 e. The summed E-state index contributed by atoms with van der Waals surface area (Å²) in [4.78, 5) is 18.7. The lowest BCUT2D eigenvalue weighted by Crippen LogP contribution is -2.25. The summed E-state index contributed by atoms with van der Waals surface area (Å²) < 4.78 is 0. The molecular weight excluding hydrogens is 242 g/mol. The molecule has 5 heteroatoms. The quantitative estimate of drug-likeness (QED) is 0.765. The molecule has 1 fully saturated rings. The predicted octanol–water partition coefficient (Wildman–Crippen LogP) is 1.73. The number of aromatic hydroxyl groups is 1. The van der Waals surface area contributed by atoms with Gasteiger partial charge in [0.15, 0.2) is 0 Å². The zero-order valence-electron chi connectivity index (χ0n) is 10.6. The third-order valence-corrected chi connectivity index (χ3v) is 3.49. The number of hydrogen-bond acceptors (Lipinski definition) is 3. The minimum atomic E-state index is 0.142. The van der Waals surface area contributed by atoms with Crippen molar-refractivity contribution in [2.45, 2.75) is 25.7 Å². The van der Waals surface area contributed by atoms with Gasteiger partial charge in [-0.05, 0) is 36.8 Å². The number of fused-ring (bicyclic) bond motifs is 1. The van der Waals surface area contributed by atoms with Crippen molar-refractivity contribution in [1.82, 2.24) is 15.3 Å². The molecule has 0 saturated heterocycles. The zero-order valence-corrected chi connectivity index (χ0v) is 10.6. The molecule has 1 saturated carbocycles. The van der Waals surface area contributed by atoms with Crippen LogP contribution in [0.1, 0.15) is 24.8 Å².